The lowest BCUT2D eigenvalue weighted by atomic mass is 9.92. The Kier molecular flexibility index (Phi) is 12.6. The number of anilines is 2. The first-order chi connectivity index (χ1) is 25.2. The number of rotatable bonds is 6. The van der Waals surface area contributed by atoms with Crippen molar-refractivity contribution in [2.75, 3.05) is 58.0 Å². The fourth-order valence-corrected chi connectivity index (χ4v) is 7.87. The summed E-state index contributed by atoms with van der Waals surface area (Å²) < 4.78 is 95.1. The van der Waals surface area contributed by atoms with Gasteiger partial charge in [0.25, 0.3) is 5.91 Å². The molecule has 2 aromatic heterocycles. The van der Waals surface area contributed by atoms with Crippen LogP contribution in [0.5, 0.6) is 6.01 Å². The topological polar surface area (TPSA) is 130 Å². The molecule has 3 fully saturated rings. The van der Waals surface area contributed by atoms with Crippen LogP contribution in [0.4, 0.5) is 37.2 Å². The van der Waals surface area contributed by atoms with Gasteiger partial charge >= 0.3 is 12.2 Å². The largest absolute Gasteiger partial charge is 0.467 e. The molecular weight excluding hydrogens is 724 g/mol. The number of hydrogen-bond acceptors (Lipinski definition) is 10. The fourth-order valence-electron chi connectivity index (χ4n) is 6.92. The van der Waals surface area contributed by atoms with Crippen LogP contribution in [0.25, 0.3) is 32.1 Å². The molecule has 5 heterocycles. The maximum absolute atomic E-state index is 15.9. The van der Waals surface area contributed by atoms with Gasteiger partial charge in [-0.2, -0.15) is 28.4 Å². The molecule has 1 amide bonds. The maximum atomic E-state index is 15.9. The Balaban J connectivity index is 0.000000217. The molecule has 0 radical (unpaired) electrons. The first-order valence-electron chi connectivity index (χ1n) is 17.2. The molecule has 7 rings (SSSR count). The Morgan fingerprint density at radius 1 is 1.17 bits per heavy atom. The maximum Gasteiger partial charge on any atom is 0.417 e. The van der Waals surface area contributed by atoms with Crippen molar-refractivity contribution in [3.05, 3.63) is 41.0 Å². The molecule has 3 aliphatic heterocycles. The number of nitrogen functional groups attached to an aromatic ring is 1. The van der Waals surface area contributed by atoms with Crippen LogP contribution in [0.2, 0.25) is 0 Å². The SMILES string of the molecule is CCNc1nc(OC)nc2c(F)c(-c3ccc(F)c4sc(N)c(C#N)c34)c(C(F)(F)F)cc12.COC(C)C(=O)N1CCCC1.FC1CC2CCCN2C1. The highest BCUT2D eigenvalue weighted by molar-refractivity contribution is 7.23. The number of likely N-dealkylation sites (tertiary alicyclic amines) is 1. The molecule has 4 aromatic rings. The summed E-state index contributed by atoms with van der Waals surface area (Å²) in [6.07, 6.45) is -0.172. The molecule has 0 spiro atoms. The Labute approximate surface area is 306 Å². The van der Waals surface area contributed by atoms with Crippen LogP contribution in [0.1, 0.15) is 57.1 Å². The number of aromatic nitrogens is 2. The number of nitrogens with two attached hydrogens (primary N) is 1. The molecule has 3 aliphatic rings. The Morgan fingerprint density at radius 3 is 2.49 bits per heavy atom. The summed E-state index contributed by atoms with van der Waals surface area (Å²) in [4.78, 5) is 23.4. The normalized spacial score (nSPS) is 18.9. The third-order valence-electron chi connectivity index (χ3n) is 9.52. The van der Waals surface area contributed by atoms with Crippen molar-refractivity contribution >= 4 is 49.1 Å². The number of alkyl halides is 4. The monoisotopic (exact) mass is 765 g/mol. The van der Waals surface area contributed by atoms with Crippen molar-refractivity contribution in [2.45, 2.75) is 70.4 Å². The highest BCUT2D eigenvalue weighted by Crippen LogP contribution is 2.47. The molecule has 10 nitrogen and oxygen atoms in total. The second-order valence-corrected chi connectivity index (χ2v) is 13.9. The van der Waals surface area contributed by atoms with E-state index in [2.05, 4.69) is 20.2 Å². The van der Waals surface area contributed by atoms with Gasteiger partial charge in [0.05, 0.1) is 22.9 Å². The molecule has 0 aliphatic carbocycles. The highest BCUT2D eigenvalue weighted by Gasteiger charge is 2.38. The number of hydrogen-bond donors (Lipinski definition) is 2. The van der Waals surface area contributed by atoms with E-state index in [0.29, 0.717) is 23.9 Å². The molecule has 286 valence electrons. The van der Waals surface area contributed by atoms with Crippen molar-refractivity contribution in [3.8, 4) is 23.2 Å². The summed E-state index contributed by atoms with van der Waals surface area (Å²) >= 11 is 0.698. The van der Waals surface area contributed by atoms with Crippen molar-refractivity contribution in [3.63, 3.8) is 0 Å². The second-order valence-electron chi connectivity index (χ2n) is 12.9. The number of carbonyl (C=O) groups is 1. The lowest BCUT2D eigenvalue weighted by Crippen LogP contribution is -2.36. The van der Waals surface area contributed by atoms with E-state index >= 15 is 4.39 Å². The zero-order valence-electron chi connectivity index (χ0n) is 29.7. The molecule has 0 saturated carbocycles. The summed E-state index contributed by atoms with van der Waals surface area (Å²) in [6, 6.07) is 4.75. The first-order valence-corrected chi connectivity index (χ1v) is 18.0. The van der Waals surface area contributed by atoms with Crippen molar-refractivity contribution in [2.24, 2.45) is 0 Å². The molecular formula is C36H41F6N7O3S. The standard InChI is InChI=1S/C21H14F5N5OS.C8H15NO2.C7H12FN/c1-3-29-19-9-6-11(21(24,25)26)14(15(23)16(9)30-20(31-19)32-2)8-4-5-12(22)17-13(8)10(7-27)18(28)33-17;1-7(11-2)8(10)9-5-3-4-6-9;8-6-4-7-2-1-3-9(7)5-6/h4-6H,3,28H2,1-2H3,(H,29,30,31);7H,3-6H2,1-2H3;6-7H,1-5H2. The van der Waals surface area contributed by atoms with Gasteiger partial charge in [0.2, 0.25) is 0 Å². The number of thiophene rings is 1. The molecule has 3 unspecified atom stereocenters. The minimum absolute atomic E-state index is 0.0444. The van der Waals surface area contributed by atoms with Gasteiger partial charge in [-0.05, 0) is 70.2 Å². The molecule has 0 bridgehead atoms. The smallest absolute Gasteiger partial charge is 0.417 e. The number of halogens is 6. The third kappa shape index (κ3) is 8.39. The van der Waals surface area contributed by atoms with E-state index in [1.807, 2.05) is 4.90 Å². The number of carbonyl (C=O) groups excluding carboxylic acids is 1. The number of nitriles is 1. The third-order valence-corrected chi connectivity index (χ3v) is 10.5. The minimum Gasteiger partial charge on any atom is -0.467 e. The molecule has 53 heavy (non-hydrogen) atoms. The van der Waals surface area contributed by atoms with E-state index < -0.39 is 40.6 Å². The van der Waals surface area contributed by atoms with E-state index in [-0.39, 0.29) is 62.0 Å². The lowest BCUT2D eigenvalue weighted by Gasteiger charge is -2.18. The van der Waals surface area contributed by atoms with Gasteiger partial charge < -0.3 is 25.4 Å². The average molecular weight is 766 g/mol. The number of fused-ring (bicyclic) bond motifs is 3. The predicted molar refractivity (Wildman–Crippen MR) is 192 cm³/mol. The van der Waals surface area contributed by atoms with Crippen molar-refractivity contribution in [1.29, 1.82) is 5.26 Å². The van der Waals surface area contributed by atoms with E-state index in [0.717, 1.165) is 57.1 Å². The summed E-state index contributed by atoms with van der Waals surface area (Å²) in [5.41, 5.74) is 2.59. The Hall–Kier alpha value is -4.40. The number of methoxy groups -OCH3 is 2. The molecule has 17 heteroatoms. The molecule has 3 N–H and O–H groups in total. The summed E-state index contributed by atoms with van der Waals surface area (Å²) in [6.45, 7) is 7.45. The molecule has 2 aromatic carbocycles. The molecule has 3 atom stereocenters. The van der Waals surface area contributed by atoms with E-state index in [4.69, 9.17) is 15.2 Å². The summed E-state index contributed by atoms with van der Waals surface area (Å²) in [7, 11) is 2.80. The van der Waals surface area contributed by atoms with E-state index in [9.17, 15) is 32.0 Å². The van der Waals surface area contributed by atoms with Gasteiger partial charge in [-0.3, -0.25) is 9.69 Å². The minimum atomic E-state index is -5.00. The van der Waals surface area contributed by atoms with Crippen LogP contribution >= 0.6 is 11.3 Å². The predicted octanol–water partition coefficient (Wildman–Crippen LogP) is 7.54. The van der Waals surface area contributed by atoms with Gasteiger partial charge in [-0.1, -0.05) is 6.07 Å². The second kappa shape index (κ2) is 16.7. The van der Waals surface area contributed by atoms with Crippen LogP contribution in [0, 0.1) is 23.0 Å². The number of ether oxygens (including phenoxy) is 2. The van der Waals surface area contributed by atoms with E-state index in [1.54, 1.807) is 27.0 Å². The van der Waals surface area contributed by atoms with Crippen LogP contribution in [0.3, 0.4) is 0 Å². The Morgan fingerprint density at radius 2 is 1.89 bits per heavy atom. The van der Waals surface area contributed by atoms with Gasteiger partial charge in [0.15, 0.2) is 5.82 Å². The van der Waals surface area contributed by atoms with Gasteiger partial charge in [-0.25, -0.2) is 13.2 Å². The van der Waals surface area contributed by atoms with Crippen molar-refractivity contribution in [1.82, 2.24) is 19.8 Å². The first kappa shape index (κ1) is 39.8. The number of amides is 1. The Bertz CT molecular complexity index is 1980. The van der Waals surface area contributed by atoms with Crippen LogP contribution in [-0.2, 0) is 15.7 Å². The van der Waals surface area contributed by atoms with E-state index in [1.165, 1.54) is 20.0 Å². The zero-order valence-corrected chi connectivity index (χ0v) is 30.6. The summed E-state index contributed by atoms with van der Waals surface area (Å²) in [5, 5.41) is 11.8. The highest BCUT2D eigenvalue weighted by atomic mass is 32.1. The molecule has 3 saturated heterocycles. The van der Waals surface area contributed by atoms with Crippen molar-refractivity contribution < 1.29 is 40.6 Å². The lowest BCUT2D eigenvalue weighted by molar-refractivity contribution is -0.139. The average Bonchev–Trinajstić information content (AvgIpc) is 3.94. The van der Waals surface area contributed by atoms with Crippen LogP contribution in [-0.4, -0.2) is 90.9 Å². The van der Waals surface area contributed by atoms with Gasteiger partial charge in [-0.15, -0.1) is 11.3 Å². The number of nitrogens with zero attached hydrogens (tertiary/aromatic N) is 5. The van der Waals surface area contributed by atoms with Crippen LogP contribution < -0.4 is 15.8 Å². The number of benzene rings is 2. The van der Waals surface area contributed by atoms with Gasteiger partial charge in [0, 0.05) is 55.7 Å². The van der Waals surface area contributed by atoms with Crippen LogP contribution in [0.15, 0.2) is 18.2 Å². The zero-order chi connectivity index (χ0) is 38.6. The summed E-state index contributed by atoms with van der Waals surface area (Å²) in [5.74, 6) is -2.02. The quantitative estimate of drug-likeness (QED) is 0.191. The van der Waals surface area contributed by atoms with Gasteiger partial charge in [0.1, 0.15) is 40.5 Å². The number of nitrogens with one attached hydrogen (secondary N) is 1. The fraction of sp³-hybridized carbons (Fsp3) is 0.500.